The molecule has 1 aromatic rings. The highest BCUT2D eigenvalue weighted by Gasteiger charge is 2.29. The zero-order valence-corrected chi connectivity index (χ0v) is 9.44. The maximum Gasteiger partial charge on any atom is 0.227 e. The molecule has 1 aromatic carbocycles. The number of nitrogens with zero attached hydrogens (tertiary/aromatic N) is 2. The Morgan fingerprint density at radius 1 is 1.44 bits per heavy atom. The minimum absolute atomic E-state index is 0.107. The summed E-state index contributed by atoms with van der Waals surface area (Å²) in [4.78, 5) is 13.4. The summed E-state index contributed by atoms with van der Waals surface area (Å²) in [7, 11) is 0. The maximum absolute atomic E-state index is 11.7. The molecule has 82 valence electrons. The van der Waals surface area contributed by atoms with E-state index in [0.717, 1.165) is 5.69 Å². The smallest absolute Gasteiger partial charge is 0.227 e. The Hall–Kier alpha value is -1.53. The lowest BCUT2D eigenvalue weighted by Gasteiger charge is -2.16. The van der Waals surface area contributed by atoms with Gasteiger partial charge in [-0.1, -0.05) is 0 Å². The molecule has 0 saturated carbocycles. The Labute approximate surface area is 99.2 Å². The highest BCUT2D eigenvalue weighted by atomic mass is 35.5. The van der Waals surface area contributed by atoms with Crippen LogP contribution >= 0.6 is 11.6 Å². The molecule has 0 N–H and O–H groups in total. The number of amides is 1. The Kier molecular flexibility index (Phi) is 3.12. The van der Waals surface area contributed by atoms with Crippen molar-refractivity contribution in [2.75, 3.05) is 17.3 Å². The number of benzene rings is 1. The molecule has 1 aliphatic heterocycles. The van der Waals surface area contributed by atoms with E-state index in [1.165, 1.54) is 0 Å². The average molecular weight is 235 g/mol. The van der Waals surface area contributed by atoms with Crippen molar-refractivity contribution < 1.29 is 4.79 Å². The number of rotatable bonds is 2. The second-order valence-electron chi connectivity index (χ2n) is 3.89. The van der Waals surface area contributed by atoms with Crippen LogP contribution in [0.15, 0.2) is 24.3 Å². The van der Waals surface area contributed by atoms with Crippen LogP contribution in [0.1, 0.15) is 12.0 Å². The van der Waals surface area contributed by atoms with Crippen molar-refractivity contribution >= 4 is 23.2 Å². The van der Waals surface area contributed by atoms with Crippen molar-refractivity contribution in [2.24, 2.45) is 5.92 Å². The standard InChI is InChI=1S/C12H11ClN2O/c13-6-10-5-12(16)15(8-10)11-3-1-9(7-14)2-4-11/h1-4,10H,5-6,8H2. The molecule has 1 fully saturated rings. The summed E-state index contributed by atoms with van der Waals surface area (Å²) in [6.07, 6.45) is 0.517. The van der Waals surface area contributed by atoms with E-state index in [2.05, 4.69) is 6.07 Å². The molecule has 3 nitrogen and oxygen atoms in total. The van der Waals surface area contributed by atoms with E-state index in [9.17, 15) is 4.79 Å². The van der Waals surface area contributed by atoms with E-state index in [1.807, 2.05) is 0 Å². The van der Waals surface area contributed by atoms with Gasteiger partial charge in [0.05, 0.1) is 11.6 Å². The Morgan fingerprint density at radius 3 is 2.62 bits per heavy atom. The van der Waals surface area contributed by atoms with Gasteiger partial charge in [-0.3, -0.25) is 4.79 Å². The first-order chi connectivity index (χ1) is 7.74. The molecule has 2 rings (SSSR count). The highest BCUT2D eigenvalue weighted by molar-refractivity contribution is 6.18. The number of hydrogen-bond acceptors (Lipinski definition) is 2. The first-order valence-corrected chi connectivity index (χ1v) is 5.64. The molecule has 1 atom stereocenters. The minimum Gasteiger partial charge on any atom is -0.312 e. The van der Waals surface area contributed by atoms with E-state index in [4.69, 9.17) is 16.9 Å². The molecule has 1 amide bonds. The lowest BCUT2D eigenvalue weighted by atomic mass is 10.1. The van der Waals surface area contributed by atoms with Gasteiger partial charge in [0.1, 0.15) is 0 Å². The second kappa shape index (κ2) is 4.54. The molecule has 1 unspecified atom stereocenters. The van der Waals surface area contributed by atoms with Gasteiger partial charge in [0.25, 0.3) is 0 Å². The summed E-state index contributed by atoms with van der Waals surface area (Å²) in [5, 5.41) is 8.68. The molecule has 1 saturated heterocycles. The number of hydrogen-bond donors (Lipinski definition) is 0. The van der Waals surface area contributed by atoms with Crippen molar-refractivity contribution in [1.29, 1.82) is 5.26 Å². The molecule has 16 heavy (non-hydrogen) atoms. The molecule has 0 aromatic heterocycles. The fraction of sp³-hybridized carbons (Fsp3) is 0.333. The predicted molar refractivity (Wildman–Crippen MR) is 62.3 cm³/mol. The van der Waals surface area contributed by atoms with Crippen LogP contribution in [0.25, 0.3) is 0 Å². The average Bonchev–Trinajstić information content (AvgIpc) is 2.71. The summed E-state index contributed by atoms with van der Waals surface area (Å²) in [5.41, 5.74) is 1.45. The third-order valence-corrected chi connectivity index (χ3v) is 3.17. The number of anilines is 1. The number of halogens is 1. The van der Waals surface area contributed by atoms with Crippen LogP contribution in [0.2, 0.25) is 0 Å². The lowest BCUT2D eigenvalue weighted by Crippen LogP contribution is -2.24. The van der Waals surface area contributed by atoms with Gasteiger partial charge >= 0.3 is 0 Å². The van der Waals surface area contributed by atoms with Crippen LogP contribution in [0.5, 0.6) is 0 Å². The number of carbonyl (C=O) groups excluding carboxylic acids is 1. The van der Waals surface area contributed by atoms with Gasteiger partial charge in [0, 0.05) is 24.5 Å². The van der Waals surface area contributed by atoms with Crippen molar-refractivity contribution in [2.45, 2.75) is 6.42 Å². The van der Waals surface area contributed by atoms with Gasteiger partial charge in [-0.05, 0) is 30.2 Å². The molecule has 1 heterocycles. The summed E-state index contributed by atoms with van der Waals surface area (Å²) >= 11 is 5.75. The molecule has 0 aliphatic carbocycles. The Morgan fingerprint density at radius 2 is 2.12 bits per heavy atom. The largest absolute Gasteiger partial charge is 0.312 e. The molecule has 1 aliphatic rings. The number of nitriles is 1. The topological polar surface area (TPSA) is 44.1 Å². The van der Waals surface area contributed by atoms with Gasteiger partial charge in [-0.2, -0.15) is 5.26 Å². The fourth-order valence-electron chi connectivity index (χ4n) is 1.85. The lowest BCUT2D eigenvalue weighted by molar-refractivity contribution is -0.117. The highest BCUT2D eigenvalue weighted by Crippen LogP contribution is 2.25. The fourth-order valence-corrected chi connectivity index (χ4v) is 2.06. The van der Waals surface area contributed by atoms with E-state index in [0.29, 0.717) is 24.4 Å². The normalized spacial score (nSPS) is 19.9. The predicted octanol–water partition coefficient (Wildman–Crippen LogP) is 2.15. The first kappa shape index (κ1) is 11.0. The maximum atomic E-state index is 11.7. The number of alkyl halides is 1. The molecule has 4 heteroatoms. The molecular formula is C12H11ClN2O. The molecular weight excluding hydrogens is 224 g/mol. The quantitative estimate of drug-likeness (QED) is 0.736. The Balaban J connectivity index is 2.19. The third kappa shape index (κ3) is 2.02. The first-order valence-electron chi connectivity index (χ1n) is 5.11. The zero-order chi connectivity index (χ0) is 11.5. The monoisotopic (exact) mass is 234 g/mol. The van der Waals surface area contributed by atoms with Gasteiger partial charge in [-0.15, -0.1) is 11.6 Å². The molecule has 0 spiro atoms. The van der Waals surface area contributed by atoms with E-state index in [-0.39, 0.29) is 11.8 Å². The summed E-state index contributed by atoms with van der Waals surface area (Å²) in [5.74, 6) is 0.860. The van der Waals surface area contributed by atoms with Crippen LogP contribution < -0.4 is 4.90 Å². The number of carbonyl (C=O) groups is 1. The van der Waals surface area contributed by atoms with Crippen LogP contribution in [-0.2, 0) is 4.79 Å². The summed E-state index contributed by atoms with van der Waals surface area (Å²) in [6.45, 7) is 0.675. The van der Waals surface area contributed by atoms with Gasteiger partial charge in [0.2, 0.25) is 5.91 Å². The Bertz CT molecular complexity index is 435. The van der Waals surface area contributed by atoms with Crippen molar-refractivity contribution in [3.05, 3.63) is 29.8 Å². The molecule has 0 radical (unpaired) electrons. The van der Waals surface area contributed by atoms with Crippen LogP contribution in [0.3, 0.4) is 0 Å². The van der Waals surface area contributed by atoms with E-state index in [1.54, 1.807) is 29.2 Å². The van der Waals surface area contributed by atoms with Gasteiger partial charge in [-0.25, -0.2) is 0 Å². The van der Waals surface area contributed by atoms with Crippen molar-refractivity contribution in [3.63, 3.8) is 0 Å². The van der Waals surface area contributed by atoms with Crippen LogP contribution in [0.4, 0.5) is 5.69 Å². The van der Waals surface area contributed by atoms with Gasteiger partial charge in [0.15, 0.2) is 0 Å². The SMILES string of the molecule is N#Cc1ccc(N2CC(CCl)CC2=O)cc1. The molecule has 0 bridgehead atoms. The minimum atomic E-state index is 0.107. The van der Waals surface area contributed by atoms with Crippen LogP contribution in [0, 0.1) is 17.2 Å². The third-order valence-electron chi connectivity index (χ3n) is 2.73. The van der Waals surface area contributed by atoms with Crippen LogP contribution in [-0.4, -0.2) is 18.3 Å². The second-order valence-corrected chi connectivity index (χ2v) is 4.20. The van der Waals surface area contributed by atoms with E-state index >= 15 is 0 Å². The van der Waals surface area contributed by atoms with E-state index < -0.39 is 0 Å². The summed E-state index contributed by atoms with van der Waals surface area (Å²) < 4.78 is 0. The van der Waals surface area contributed by atoms with Gasteiger partial charge < -0.3 is 4.90 Å². The van der Waals surface area contributed by atoms with Crippen molar-refractivity contribution in [1.82, 2.24) is 0 Å². The summed E-state index contributed by atoms with van der Waals surface area (Å²) in [6, 6.07) is 9.09. The zero-order valence-electron chi connectivity index (χ0n) is 8.69. The van der Waals surface area contributed by atoms with Crippen molar-refractivity contribution in [3.8, 4) is 6.07 Å².